The van der Waals surface area contributed by atoms with Gasteiger partial charge in [0.25, 0.3) is 0 Å². The van der Waals surface area contributed by atoms with Crippen molar-refractivity contribution in [3.05, 3.63) is 77.2 Å². The van der Waals surface area contributed by atoms with E-state index in [0.717, 1.165) is 17.2 Å². The predicted octanol–water partition coefficient (Wildman–Crippen LogP) is 3.26. The molecule has 1 amide bonds. The van der Waals surface area contributed by atoms with Crippen molar-refractivity contribution in [3.8, 4) is 6.07 Å². The fraction of sp³-hybridized carbons (Fsp3) is 0.238. The van der Waals surface area contributed by atoms with E-state index in [1.807, 2.05) is 18.2 Å². The van der Waals surface area contributed by atoms with Crippen molar-refractivity contribution in [2.24, 2.45) is 0 Å². The molecule has 6 nitrogen and oxygen atoms in total. The molecule has 3 aromatic rings. The van der Waals surface area contributed by atoms with Crippen LogP contribution in [0.15, 0.2) is 54.9 Å². The molecule has 1 saturated carbocycles. The van der Waals surface area contributed by atoms with Gasteiger partial charge in [-0.3, -0.25) is 14.5 Å². The summed E-state index contributed by atoms with van der Waals surface area (Å²) in [4.78, 5) is 16.5. The third-order valence-corrected chi connectivity index (χ3v) is 4.58. The first kappa shape index (κ1) is 17.0. The molecular weight excluding hydrogens is 338 g/mol. The molecule has 1 aliphatic rings. The molecule has 0 atom stereocenters. The Kier molecular flexibility index (Phi) is 4.67. The smallest absolute Gasteiger partial charge is 0.229 e. The summed E-state index contributed by atoms with van der Waals surface area (Å²) in [6.45, 7) is 0.476. The van der Waals surface area contributed by atoms with Crippen LogP contribution in [0.5, 0.6) is 0 Å². The summed E-state index contributed by atoms with van der Waals surface area (Å²) in [7, 11) is 0. The van der Waals surface area contributed by atoms with Gasteiger partial charge in [0.05, 0.1) is 24.2 Å². The van der Waals surface area contributed by atoms with Crippen molar-refractivity contribution in [1.82, 2.24) is 14.8 Å². The Morgan fingerprint density at radius 3 is 2.67 bits per heavy atom. The first-order valence-electron chi connectivity index (χ1n) is 8.97. The predicted molar refractivity (Wildman–Crippen MR) is 101 cm³/mol. The number of nitrogens with one attached hydrogen (secondary N) is 1. The van der Waals surface area contributed by atoms with Gasteiger partial charge in [-0.05, 0) is 42.0 Å². The summed E-state index contributed by atoms with van der Waals surface area (Å²) in [6, 6.07) is 15.6. The minimum atomic E-state index is -0.0871. The number of nitriles is 1. The summed E-state index contributed by atoms with van der Waals surface area (Å²) >= 11 is 0. The maximum atomic E-state index is 12.2. The average Bonchev–Trinajstić information content (AvgIpc) is 3.44. The topological polar surface area (TPSA) is 83.6 Å². The molecule has 2 heterocycles. The molecule has 27 heavy (non-hydrogen) atoms. The summed E-state index contributed by atoms with van der Waals surface area (Å²) in [6.07, 6.45) is 6.21. The molecule has 0 unspecified atom stereocenters. The van der Waals surface area contributed by atoms with Gasteiger partial charge in [0.1, 0.15) is 6.07 Å². The van der Waals surface area contributed by atoms with Crippen LogP contribution in [-0.4, -0.2) is 20.7 Å². The molecule has 0 aliphatic heterocycles. The van der Waals surface area contributed by atoms with Gasteiger partial charge < -0.3 is 5.32 Å². The number of pyridine rings is 1. The Morgan fingerprint density at radius 1 is 1.19 bits per heavy atom. The zero-order valence-electron chi connectivity index (χ0n) is 14.8. The van der Waals surface area contributed by atoms with Gasteiger partial charge in [-0.25, -0.2) is 0 Å². The zero-order valence-corrected chi connectivity index (χ0v) is 14.8. The van der Waals surface area contributed by atoms with E-state index < -0.39 is 0 Å². The lowest BCUT2D eigenvalue weighted by atomic mass is 10.1. The molecule has 0 bridgehead atoms. The largest absolute Gasteiger partial charge is 0.309 e. The second-order valence-electron chi connectivity index (χ2n) is 6.79. The highest BCUT2D eigenvalue weighted by molar-refractivity contribution is 5.91. The van der Waals surface area contributed by atoms with Gasteiger partial charge in [-0.1, -0.05) is 24.3 Å². The lowest BCUT2D eigenvalue weighted by molar-refractivity contribution is -0.115. The number of hydrogen-bond acceptors (Lipinski definition) is 4. The third kappa shape index (κ3) is 4.39. The Hall–Kier alpha value is -3.46. The maximum absolute atomic E-state index is 12.2. The molecule has 1 aromatic carbocycles. The van der Waals surface area contributed by atoms with Crippen LogP contribution in [0.2, 0.25) is 0 Å². The normalized spacial score (nSPS) is 13.1. The van der Waals surface area contributed by atoms with Crippen molar-refractivity contribution in [3.63, 3.8) is 0 Å². The molecule has 0 spiro atoms. The molecule has 0 saturated heterocycles. The Balaban J connectivity index is 1.32. The van der Waals surface area contributed by atoms with Gasteiger partial charge >= 0.3 is 0 Å². The third-order valence-electron chi connectivity index (χ3n) is 4.58. The van der Waals surface area contributed by atoms with E-state index in [9.17, 15) is 4.79 Å². The van der Waals surface area contributed by atoms with Crippen LogP contribution >= 0.6 is 0 Å². The van der Waals surface area contributed by atoms with Gasteiger partial charge in [0.15, 0.2) is 5.82 Å². The number of rotatable bonds is 6. The molecule has 1 N–H and O–H groups in total. The molecule has 2 aromatic heterocycles. The van der Waals surface area contributed by atoms with E-state index in [2.05, 4.69) is 27.5 Å². The van der Waals surface area contributed by atoms with Crippen LogP contribution in [0.25, 0.3) is 0 Å². The number of hydrogen-bond donors (Lipinski definition) is 1. The van der Waals surface area contributed by atoms with E-state index in [-0.39, 0.29) is 5.91 Å². The van der Waals surface area contributed by atoms with Crippen LogP contribution in [0.3, 0.4) is 0 Å². The Labute approximate surface area is 157 Å². The molecule has 6 heteroatoms. The van der Waals surface area contributed by atoms with Gasteiger partial charge in [-0.15, -0.1) is 0 Å². The molecule has 1 aliphatic carbocycles. The molecule has 4 rings (SSSR count). The molecule has 0 radical (unpaired) electrons. The molecule has 134 valence electrons. The van der Waals surface area contributed by atoms with Crippen LogP contribution in [0.1, 0.15) is 41.1 Å². The first-order chi connectivity index (χ1) is 13.2. The quantitative estimate of drug-likeness (QED) is 0.734. The second-order valence-corrected chi connectivity index (χ2v) is 6.79. The summed E-state index contributed by atoms with van der Waals surface area (Å²) < 4.78 is 1.70. The van der Waals surface area contributed by atoms with Gasteiger partial charge in [-0.2, -0.15) is 10.4 Å². The number of carbonyl (C=O) groups is 1. The number of anilines is 1. The average molecular weight is 357 g/mol. The highest BCUT2D eigenvalue weighted by atomic mass is 16.1. The standard InChI is InChI=1S/C21H19N5O/c22-12-16-3-8-19(23-13-16)14-26-10-9-20(25-26)24-21(27)11-15-1-4-17(5-2-15)18-6-7-18/h1-5,8-10,13,18H,6-7,11,14H2,(H,24,25,27). The van der Waals surface area contributed by atoms with Crippen molar-refractivity contribution >= 4 is 11.7 Å². The van der Waals surface area contributed by atoms with Crippen LogP contribution in [0.4, 0.5) is 5.82 Å². The summed E-state index contributed by atoms with van der Waals surface area (Å²) in [5.41, 5.74) is 3.69. The van der Waals surface area contributed by atoms with Gasteiger partial charge in [0, 0.05) is 18.5 Å². The number of benzene rings is 1. The second kappa shape index (κ2) is 7.42. The van der Waals surface area contributed by atoms with Crippen molar-refractivity contribution in [2.75, 3.05) is 5.32 Å². The SMILES string of the molecule is N#Cc1ccc(Cn2ccc(NC(=O)Cc3ccc(C4CC4)cc3)n2)nc1. The highest BCUT2D eigenvalue weighted by Gasteiger charge is 2.23. The van der Waals surface area contributed by atoms with Crippen molar-refractivity contribution in [2.45, 2.75) is 31.7 Å². The maximum Gasteiger partial charge on any atom is 0.229 e. The lowest BCUT2D eigenvalue weighted by Crippen LogP contribution is -2.15. The summed E-state index contributed by atoms with van der Waals surface area (Å²) in [5.74, 6) is 1.15. The minimum Gasteiger partial charge on any atom is -0.309 e. The Bertz CT molecular complexity index is 979. The number of carbonyl (C=O) groups excluding carboxylic acids is 1. The van der Waals surface area contributed by atoms with Crippen LogP contribution in [-0.2, 0) is 17.8 Å². The fourth-order valence-electron chi connectivity index (χ4n) is 2.96. The van der Waals surface area contributed by atoms with Crippen LogP contribution in [0, 0.1) is 11.3 Å². The number of amides is 1. The minimum absolute atomic E-state index is 0.0871. The number of aromatic nitrogens is 3. The fourth-order valence-corrected chi connectivity index (χ4v) is 2.96. The van der Waals surface area contributed by atoms with E-state index >= 15 is 0 Å². The highest BCUT2D eigenvalue weighted by Crippen LogP contribution is 2.39. The Morgan fingerprint density at radius 2 is 2.00 bits per heavy atom. The lowest BCUT2D eigenvalue weighted by Gasteiger charge is -2.04. The van der Waals surface area contributed by atoms with Crippen molar-refractivity contribution in [1.29, 1.82) is 5.26 Å². The zero-order chi connectivity index (χ0) is 18.6. The van der Waals surface area contributed by atoms with E-state index in [4.69, 9.17) is 5.26 Å². The summed E-state index contributed by atoms with van der Waals surface area (Å²) in [5, 5.41) is 16.0. The van der Waals surface area contributed by atoms with E-state index in [1.165, 1.54) is 24.6 Å². The molecular formula is C21H19N5O. The van der Waals surface area contributed by atoms with Gasteiger partial charge in [0.2, 0.25) is 5.91 Å². The van der Waals surface area contributed by atoms with E-state index in [1.54, 1.807) is 29.1 Å². The number of nitrogens with zero attached hydrogens (tertiary/aromatic N) is 4. The monoisotopic (exact) mass is 357 g/mol. The van der Waals surface area contributed by atoms with E-state index in [0.29, 0.717) is 24.3 Å². The van der Waals surface area contributed by atoms with Crippen LogP contribution < -0.4 is 5.32 Å². The molecule has 1 fully saturated rings. The van der Waals surface area contributed by atoms with Crippen molar-refractivity contribution < 1.29 is 4.79 Å². The first-order valence-corrected chi connectivity index (χ1v) is 8.97.